The highest BCUT2D eigenvalue weighted by atomic mass is 16.4. The molecule has 0 saturated carbocycles. The summed E-state index contributed by atoms with van der Waals surface area (Å²) in [5, 5.41) is 9.91. The average molecular weight is 288 g/mol. The number of H-pyrrole nitrogens is 1. The standard InChI is InChI=1S/C16H20N2O3/c1-10(2)8-18(9-15(19)20)16(21)14-7-12-5-4-11(3)6-13(12)17-14/h4-7,10,17H,8-9H2,1-3H3,(H,19,20). The summed E-state index contributed by atoms with van der Waals surface area (Å²) in [6.45, 7) is 6.02. The largest absolute Gasteiger partial charge is 0.480 e. The van der Waals surface area contributed by atoms with Crippen LogP contribution in [0, 0.1) is 12.8 Å². The molecule has 1 aromatic heterocycles. The maximum atomic E-state index is 12.5. The Labute approximate surface area is 123 Å². The monoisotopic (exact) mass is 288 g/mol. The molecule has 1 aromatic carbocycles. The van der Waals surface area contributed by atoms with Crippen LogP contribution in [0.3, 0.4) is 0 Å². The van der Waals surface area contributed by atoms with Crippen LogP contribution in [-0.2, 0) is 4.79 Å². The summed E-state index contributed by atoms with van der Waals surface area (Å²) in [6.07, 6.45) is 0. The molecule has 2 N–H and O–H groups in total. The van der Waals surface area contributed by atoms with Crippen molar-refractivity contribution in [2.45, 2.75) is 20.8 Å². The highest BCUT2D eigenvalue weighted by Gasteiger charge is 2.21. The number of amides is 1. The third-order valence-electron chi connectivity index (χ3n) is 3.21. The predicted octanol–water partition coefficient (Wildman–Crippen LogP) is 2.66. The van der Waals surface area contributed by atoms with Gasteiger partial charge in [0.2, 0.25) is 0 Å². The number of aryl methyl sites for hydroxylation is 1. The first-order valence-electron chi connectivity index (χ1n) is 6.97. The Bertz CT molecular complexity index is 673. The van der Waals surface area contributed by atoms with Gasteiger partial charge in [-0.05, 0) is 30.5 Å². The Morgan fingerprint density at radius 1 is 1.29 bits per heavy atom. The van der Waals surface area contributed by atoms with Gasteiger partial charge in [0.25, 0.3) is 5.91 Å². The van der Waals surface area contributed by atoms with Crippen LogP contribution in [0.15, 0.2) is 24.3 Å². The molecule has 0 fully saturated rings. The van der Waals surface area contributed by atoms with E-state index in [1.54, 1.807) is 6.07 Å². The molecule has 2 rings (SSSR count). The maximum absolute atomic E-state index is 12.5. The second kappa shape index (κ2) is 5.99. The van der Waals surface area contributed by atoms with Crippen LogP contribution < -0.4 is 0 Å². The molecule has 5 heteroatoms. The van der Waals surface area contributed by atoms with Gasteiger partial charge in [-0.25, -0.2) is 0 Å². The van der Waals surface area contributed by atoms with E-state index in [4.69, 9.17) is 5.11 Å². The minimum atomic E-state index is -1.00. The van der Waals surface area contributed by atoms with Crippen LogP contribution in [-0.4, -0.2) is 40.0 Å². The van der Waals surface area contributed by atoms with E-state index in [-0.39, 0.29) is 18.4 Å². The third-order valence-corrected chi connectivity index (χ3v) is 3.21. The van der Waals surface area contributed by atoms with Crippen LogP contribution >= 0.6 is 0 Å². The Hall–Kier alpha value is -2.30. The number of carboxylic acids is 1. The molecule has 0 atom stereocenters. The lowest BCUT2D eigenvalue weighted by atomic mass is 10.2. The Kier molecular flexibility index (Phi) is 4.31. The molecule has 0 bridgehead atoms. The van der Waals surface area contributed by atoms with Gasteiger partial charge >= 0.3 is 5.97 Å². The number of carboxylic acid groups (broad SMARTS) is 1. The van der Waals surface area contributed by atoms with Crippen molar-refractivity contribution in [1.29, 1.82) is 0 Å². The van der Waals surface area contributed by atoms with Crippen LogP contribution in [0.25, 0.3) is 10.9 Å². The number of aliphatic carboxylic acids is 1. The third kappa shape index (κ3) is 3.62. The average Bonchev–Trinajstić information content (AvgIpc) is 2.78. The first-order valence-corrected chi connectivity index (χ1v) is 6.97. The summed E-state index contributed by atoms with van der Waals surface area (Å²) in [6, 6.07) is 7.66. The van der Waals surface area contributed by atoms with Crippen LogP contribution in [0.2, 0.25) is 0 Å². The van der Waals surface area contributed by atoms with Crippen LogP contribution in [0.4, 0.5) is 0 Å². The van der Waals surface area contributed by atoms with Gasteiger partial charge in [0.1, 0.15) is 12.2 Å². The van der Waals surface area contributed by atoms with Crippen molar-refractivity contribution in [3.8, 4) is 0 Å². The number of aromatic nitrogens is 1. The van der Waals surface area contributed by atoms with Gasteiger partial charge in [-0.1, -0.05) is 26.0 Å². The summed E-state index contributed by atoms with van der Waals surface area (Å²) < 4.78 is 0. The summed E-state index contributed by atoms with van der Waals surface area (Å²) in [7, 11) is 0. The lowest BCUT2D eigenvalue weighted by molar-refractivity contribution is -0.137. The molecule has 0 spiro atoms. The fraction of sp³-hybridized carbons (Fsp3) is 0.375. The molecule has 0 saturated heterocycles. The van der Waals surface area contributed by atoms with Crippen molar-refractivity contribution in [3.63, 3.8) is 0 Å². The van der Waals surface area contributed by atoms with E-state index < -0.39 is 5.97 Å². The fourth-order valence-corrected chi connectivity index (χ4v) is 2.35. The Morgan fingerprint density at radius 2 is 2.00 bits per heavy atom. The zero-order valence-electron chi connectivity index (χ0n) is 12.5. The molecule has 1 amide bonds. The second-order valence-corrected chi connectivity index (χ2v) is 5.75. The van der Waals surface area contributed by atoms with Crippen molar-refractivity contribution >= 4 is 22.8 Å². The summed E-state index contributed by atoms with van der Waals surface area (Å²) in [4.78, 5) is 27.9. The first-order chi connectivity index (χ1) is 9.86. The number of fused-ring (bicyclic) bond motifs is 1. The van der Waals surface area contributed by atoms with Gasteiger partial charge in [-0.2, -0.15) is 0 Å². The van der Waals surface area contributed by atoms with E-state index >= 15 is 0 Å². The molecule has 0 aliphatic rings. The molecule has 0 radical (unpaired) electrons. The number of hydrogen-bond acceptors (Lipinski definition) is 2. The van der Waals surface area contributed by atoms with E-state index in [2.05, 4.69) is 4.98 Å². The van der Waals surface area contributed by atoms with Gasteiger partial charge in [-0.3, -0.25) is 9.59 Å². The molecule has 21 heavy (non-hydrogen) atoms. The topological polar surface area (TPSA) is 73.4 Å². The minimum Gasteiger partial charge on any atom is -0.480 e. The van der Waals surface area contributed by atoms with Gasteiger partial charge < -0.3 is 15.0 Å². The lowest BCUT2D eigenvalue weighted by Gasteiger charge is -2.22. The van der Waals surface area contributed by atoms with Gasteiger partial charge in [0, 0.05) is 17.4 Å². The first kappa shape index (κ1) is 15.1. The van der Waals surface area contributed by atoms with Crippen molar-refractivity contribution in [1.82, 2.24) is 9.88 Å². The van der Waals surface area contributed by atoms with E-state index in [1.165, 1.54) is 4.90 Å². The normalized spacial score (nSPS) is 11.0. The highest BCUT2D eigenvalue weighted by molar-refractivity contribution is 5.99. The lowest BCUT2D eigenvalue weighted by Crippen LogP contribution is -2.38. The highest BCUT2D eigenvalue weighted by Crippen LogP contribution is 2.18. The Morgan fingerprint density at radius 3 is 2.62 bits per heavy atom. The van der Waals surface area contributed by atoms with Crippen molar-refractivity contribution in [3.05, 3.63) is 35.5 Å². The van der Waals surface area contributed by atoms with Crippen molar-refractivity contribution < 1.29 is 14.7 Å². The predicted molar refractivity (Wildman–Crippen MR) is 81.4 cm³/mol. The van der Waals surface area contributed by atoms with Gasteiger partial charge in [-0.15, -0.1) is 0 Å². The molecule has 112 valence electrons. The molecule has 1 heterocycles. The SMILES string of the molecule is Cc1ccc2cc(C(=O)N(CC(=O)O)CC(C)C)[nH]c2c1. The van der Waals surface area contributed by atoms with Crippen molar-refractivity contribution in [2.75, 3.05) is 13.1 Å². The number of nitrogens with zero attached hydrogens (tertiary/aromatic N) is 1. The molecule has 5 nitrogen and oxygen atoms in total. The zero-order chi connectivity index (χ0) is 15.6. The smallest absolute Gasteiger partial charge is 0.323 e. The number of carbonyl (C=O) groups is 2. The molecule has 0 aliphatic heterocycles. The maximum Gasteiger partial charge on any atom is 0.323 e. The van der Waals surface area contributed by atoms with Crippen LogP contribution in [0.5, 0.6) is 0 Å². The van der Waals surface area contributed by atoms with E-state index in [0.717, 1.165) is 16.5 Å². The van der Waals surface area contributed by atoms with E-state index in [0.29, 0.717) is 12.2 Å². The van der Waals surface area contributed by atoms with Gasteiger partial charge in [0.05, 0.1) is 0 Å². The second-order valence-electron chi connectivity index (χ2n) is 5.75. The summed E-state index contributed by atoms with van der Waals surface area (Å²) in [5.74, 6) is -1.07. The van der Waals surface area contributed by atoms with Crippen molar-refractivity contribution in [2.24, 2.45) is 5.92 Å². The van der Waals surface area contributed by atoms with Gasteiger partial charge in [0.15, 0.2) is 0 Å². The molecule has 0 unspecified atom stereocenters. The number of aromatic amines is 1. The van der Waals surface area contributed by atoms with E-state index in [1.807, 2.05) is 39.0 Å². The number of benzene rings is 1. The summed E-state index contributed by atoms with van der Waals surface area (Å²) in [5.41, 5.74) is 2.42. The van der Waals surface area contributed by atoms with Crippen LogP contribution in [0.1, 0.15) is 29.9 Å². The number of nitrogens with one attached hydrogen (secondary N) is 1. The molecular formula is C16H20N2O3. The molecule has 0 aliphatic carbocycles. The molecule has 2 aromatic rings. The fourth-order valence-electron chi connectivity index (χ4n) is 2.35. The number of rotatable bonds is 5. The quantitative estimate of drug-likeness (QED) is 0.888. The minimum absolute atomic E-state index is 0.208. The zero-order valence-corrected chi connectivity index (χ0v) is 12.5. The Balaban J connectivity index is 2.30. The number of hydrogen-bond donors (Lipinski definition) is 2. The molecular weight excluding hydrogens is 268 g/mol. The summed E-state index contributed by atoms with van der Waals surface area (Å²) >= 11 is 0. The van der Waals surface area contributed by atoms with E-state index in [9.17, 15) is 9.59 Å². The number of carbonyl (C=O) groups excluding carboxylic acids is 1.